The van der Waals surface area contributed by atoms with Gasteiger partial charge < -0.3 is 10.5 Å². The second-order valence-corrected chi connectivity index (χ2v) is 3.62. The first-order chi connectivity index (χ1) is 5.75. The Kier molecular flexibility index (Phi) is 3.98. The third-order valence-corrected chi connectivity index (χ3v) is 2.75. The maximum atomic E-state index is 5.60. The number of ether oxygens (including phenoxy) is 1. The van der Waals surface area contributed by atoms with Crippen molar-refractivity contribution in [3.63, 3.8) is 0 Å². The highest BCUT2D eigenvalue weighted by atomic mass is 16.5. The van der Waals surface area contributed by atoms with Crippen LogP contribution in [-0.2, 0) is 4.74 Å². The third-order valence-electron chi connectivity index (χ3n) is 2.75. The number of hydrogen-bond donors (Lipinski definition) is 1. The molecule has 0 aliphatic carbocycles. The Balaban J connectivity index is 2.33. The molecule has 2 N–H and O–H groups in total. The van der Waals surface area contributed by atoms with Crippen molar-refractivity contribution in [3.8, 4) is 0 Å². The summed E-state index contributed by atoms with van der Waals surface area (Å²) in [6.45, 7) is 4.70. The van der Waals surface area contributed by atoms with Gasteiger partial charge in [0.15, 0.2) is 0 Å². The first kappa shape index (κ1) is 9.96. The van der Waals surface area contributed by atoms with E-state index in [9.17, 15) is 0 Å². The molecule has 2 atom stereocenters. The van der Waals surface area contributed by atoms with Gasteiger partial charge >= 0.3 is 0 Å². The van der Waals surface area contributed by atoms with Crippen molar-refractivity contribution in [3.05, 3.63) is 0 Å². The Bertz CT molecular complexity index is 124. The fourth-order valence-corrected chi connectivity index (χ4v) is 1.57. The van der Waals surface area contributed by atoms with Gasteiger partial charge in [-0.15, -0.1) is 0 Å². The molecule has 3 nitrogen and oxygen atoms in total. The van der Waals surface area contributed by atoms with E-state index in [1.54, 1.807) is 0 Å². The summed E-state index contributed by atoms with van der Waals surface area (Å²) in [5.74, 6) is 0. The minimum absolute atomic E-state index is 0.469. The Hall–Kier alpha value is -0.120. The normalized spacial score (nSPS) is 27.5. The molecule has 2 unspecified atom stereocenters. The second-order valence-electron chi connectivity index (χ2n) is 3.62. The van der Waals surface area contributed by atoms with Gasteiger partial charge in [-0.2, -0.15) is 0 Å². The molecule has 0 aromatic heterocycles. The average Bonchev–Trinajstić information content (AvgIpc) is 2.17. The van der Waals surface area contributed by atoms with Gasteiger partial charge in [0.1, 0.15) is 0 Å². The largest absolute Gasteiger partial charge is 0.380 e. The second kappa shape index (κ2) is 4.80. The molecule has 1 saturated heterocycles. The zero-order chi connectivity index (χ0) is 8.97. The van der Waals surface area contributed by atoms with E-state index in [0.717, 1.165) is 19.8 Å². The minimum Gasteiger partial charge on any atom is -0.380 e. The number of nitrogens with zero attached hydrogens (tertiary/aromatic N) is 1. The first-order valence-corrected chi connectivity index (χ1v) is 4.75. The molecule has 0 amide bonds. The summed E-state index contributed by atoms with van der Waals surface area (Å²) in [6.07, 6.45) is 2.44. The van der Waals surface area contributed by atoms with Crippen LogP contribution in [-0.4, -0.2) is 43.8 Å². The van der Waals surface area contributed by atoms with E-state index in [1.807, 2.05) is 0 Å². The fraction of sp³-hybridized carbons (Fsp3) is 1.00. The third kappa shape index (κ3) is 2.44. The summed E-state index contributed by atoms with van der Waals surface area (Å²) in [5, 5.41) is 0. The summed E-state index contributed by atoms with van der Waals surface area (Å²) in [7, 11) is 2.14. The zero-order valence-corrected chi connectivity index (χ0v) is 8.12. The SMILES string of the molecule is CC(CN)N(C)C1CCCOC1. The van der Waals surface area contributed by atoms with Crippen LogP contribution < -0.4 is 5.73 Å². The lowest BCUT2D eigenvalue weighted by atomic mass is 10.1. The van der Waals surface area contributed by atoms with E-state index in [2.05, 4.69) is 18.9 Å². The van der Waals surface area contributed by atoms with E-state index in [-0.39, 0.29) is 0 Å². The first-order valence-electron chi connectivity index (χ1n) is 4.75. The highest BCUT2D eigenvalue weighted by molar-refractivity contribution is 4.76. The minimum atomic E-state index is 0.469. The quantitative estimate of drug-likeness (QED) is 0.671. The van der Waals surface area contributed by atoms with Crippen LogP contribution in [0.1, 0.15) is 19.8 Å². The Morgan fingerprint density at radius 2 is 2.42 bits per heavy atom. The Morgan fingerprint density at radius 3 is 2.92 bits per heavy atom. The van der Waals surface area contributed by atoms with Crippen molar-refractivity contribution in [2.45, 2.75) is 31.8 Å². The zero-order valence-electron chi connectivity index (χ0n) is 8.12. The van der Waals surface area contributed by atoms with Gasteiger partial charge in [0.2, 0.25) is 0 Å². The van der Waals surface area contributed by atoms with Gasteiger partial charge in [-0.3, -0.25) is 4.90 Å². The Morgan fingerprint density at radius 1 is 1.67 bits per heavy atom. The molecule has 0 saturated carbocycles. The predicted octanol–water partition coefficient (Wildman–Crippen LogP) is 0.444. The van der Waals surface area contributed by atoms with Crippen molar-refractivity contribution in [2.24, 2.45) is 5.73 Å². The van der Waals surface area contributed by atoms with Crippen molar-refractivity contribution in [1.82, 2.24) is 4.90 Å². The van der Waals surface area contributed by atoms with Crippen LogP contribution in [0.25, 0.3) is 0 Å². The number of hydrogen-bond acceptors (Lipinski definition) is 3. The van der Waals surface area contributed by atoms with Crippen molar-refractivity contribution < 1.29 is 4.74 Å². The van der Waals surface area contributed by atoms with Gasteiger partial charge in [-0.1, -0.05) is 0 Å². The van der Waals surface area contributed by atoms with Crippen LogP contribution in [0.3, 0.4) is 0 Å². The van der Waals surface area contributed by atoms with Gasteiger partial charge in [-0.25, -0.2) is 0 Å². The van der Waals surface area contributed by atoms with Crippen molar-refractivity contribution in [2.75, 3.05) is 26.8 Å². The molecule has 72 valence electrons. The Labute approximate surface area is 74.9 Å². The molecule has 12 heavy (non-hydrogen) atoms. The molecule has 1 heterocycles. The van der Waals surface area contributed by atoms with Crippen LogP contribution in [0, 0.1) is 0 Å². The number of likely N-dealkylation sites (N-methyl/N-ethyl adjacent to an activating group) is 1. The maximum absolute atomic E-state index is 5.60. The van der Waals surface area contributed by atoms with Crippen LogP contribution in [0.4, 0.5) is 0 Å². The highest BCUT2D eigenvalue weighted by Crippen LogP contribution is 2.13. The van der Waals surface area contributed by atoms with Crippen molar-refractivity contribution in [1.29, 1.82) is 0 Å². The number of nitrogens with two attached hydrogens (primary N) is 1. The summed E-state index contributed by atoms with van der Waals surface area (Å²) in [6, 6.07) is 1.05. The fourth-order valence-electron chi connectivity index (χ4n) is 1.57. The molecule has 3 heteroatoms. The van der Waals surface area contributed by atoms with E-state index < -0.39 is 0 Å². The monoisotopic (exact) mass is 172 g/mol. The van der Waals surface area contributed by atoms with Gasteiger partial charge in [0.05, 0.1) is 6.61 Å². The van der Waals surface area contributed by atoms with Crippen LogP contribution in [0.2, 0.25) is 0 Å². The van der Waals surface area contributed by atoms with E-state index in [1.165, 1.54) is 12.8 Å². The number of rotatable bonds is 3. The molecule has 0 bridgehead atoms. The predicted molar refractivity (Wildman–Crippen MR) is 50.1 cm³/mol. The van der Waals surface area contributed by atoms with Gasteiger partial charge in [-0.05, 0) is 26.8 Å². The van der Waals surface area contributed by atoms with E-state index in [4.69, 9.17) is 10.5 Å². The molecule has 1 rings (SSSR count). The summed E-state index contributed by atoms with van der Waals surface area (Å²) in [4.78, 5) is 2.33. The van der Waals surface area contributed by atoms with E-state index >= 15 is 0 Å². The molecular formula is C9H20N2O. The highest BCUT2D eigenvalue weighted by Gasteiger charge is 2.21. The molecule has 1 aliphatic rings. The standard InChI is InChI=1S/C9H20N2O/c1-8(6-10)11(2)9-4-3-5-12-7-9/h8-9H,3-7,10H2,1-2H3. The smallest absolute Gasteiger partial charge is 0.0621 e. The summed E-state index contributed by atoms with van der Waals surface area (Å²) >= 11 is 0. The van der Waals surface area contributed by atoms with Gasteiger partial charge in [0, 0.05) is 25.2 Å². The molecule has 0 spiro atoms. The molecule has 0 aromatic rings. The summed E-state index contributed by atoms with van der Waals surface area (Å²) in [5.41, 5.74) is 5.60. The lowest BCUT2D eigenvalue weighted by Crippen LogP contribution is -2.46. The molecule has 1 fully saturated rings. The van der Waals surface area contributed by atoms with Gasteiger partial charge in [0.25, 0.3) is 0 Å². The lowest BCUT2D eigenvalue weighted by Gasteiger charge is -2.34. The van der Waals surface area contributed by atoms with E-state index in [0.29, 0.717) is 12.1 Å². The average molecular weight is 172 g/mol. The molecule has 0 aromatic carbocycles. The lowest BCUT2D eigenvalue weighted by molar-refractivity contribution is 0.0161. The maximum Gasteiger partial charge on any atom is 0.0621 e. The molecule has 0 radical (unpaired) electrons. The van der Waals surface area contributed by atoms with Crippen LogP contribution in [0.15, 0.2) is 0 Å². The summed E-state index contributed by atoms with van der Waals surface area (Å²) < 4.78 is 5.42. The van der Waals surface area contributed by atoms with Crippen molar-refractivity contribution >= 4 is 0 Å². The molecule has 1 aliphatic heterocycles. The van der Waals surface area contributed by atoms with Crippen LogP contribution in [0.5, 0.6) is 0 Å². The molecular weight excluding hydrogens is 152 g/mol. The topological polar surface area (TPSA) is 38.5 Å². The van der Waals surface area contributed by atoms with Crippen LogP contribution >= 0.6 is 0 Å².